The molecule has 9 heteroatoms. The zero-order chi connectivity index (χ0) is 23.5. The van der Waals surface area contributed by atoms with Crippen LogP contribution >= 0.6 is 0 Å². The molecule has 2 aliphatic heterocycles. The van der Waals surface area contributed by atoms with Gasteiger partial charge in [-0.2, -0.15) is 0 Å². The van der Waals surface area contributed by atoms with E-state index in [0.29, 0.717) is 23.1 Å². The standard InChI is InChI=1S/C24H23N3O6/c1-14(28)33-13-16-4-2-3-5-18(16)22(30)25-11-15-6-7-19-17(10-15)12-27(24(19)32)20-8-9-21(29)26-23(20)31/h2-7,10,20H,8-9,11-13H2,1H3,(H,25,30)(H,26,29,31). The van der Waals surface area contributed by atoms with Crippen molar-refractivity contribution in [3.63, 3.8) is 0 Å². The Morgan fingerprint density at radius 1 is 1.15 bits per heavy atom. The van der Waals surface area contributed by atoms with E-state index in [0.717, 1.165) is 11.1 Å². The van der Waals surface area contributed by atoms with Crippen molar-refractivity contribution in [1.82, 2.24) is 15.5 Å². The molecular formula is C24H23N3O6. The maximum Gasteiger partial charge on any atom is 0.302 e. The Hall–Kier alpha value is -4.01. The van der Waals surface area contributed by atoms with Crippen molar-refractivity contribution in [2.24, 2.45) is 0 Å². The maximum atomic E-state index is 12.8. The third kappa shape index (κ3) is 4.77. The molecule has 1 unspecified atom stereocenters. The van der Waals surface area contributed by atoms with Gasteiger partial charge in [0.05, 0.1) is 0 Å². The van der Waals surface area contributed by atoms with Crippen LogP contribution in [0.4, 0.5) is 0 Å². The first-order valence-electron chi connectivity index (χ1n) is 10.6. The molecule has 1 atom stereocenters. The Balaban J connectivity index is 1.42. The number of carbonyl (C=O) groups excluding carboxylic acids is 5. The van der Waals surface area contributed by atoms with E-state index in [4.69, 9.17) is 4.74 Å². The van der Waals surface area contributed by atoms with Crippen molar-refractivity contribution in [1.29, 1.82) is 0 Å². The fourth-order valence-corrected chi connectivity index (χ4v) is 4.06. The third-order valence-electron chi connectivity index (χ3n) is 5.73. The third-order valence-corrected chi connectivity index (χ3v) is 5.73. The van der Waals surface area contributed by atoms with Crippen LogP contribution in [0.1, 0.15) is 57.2 Å². The van der Waals surface area contributed by atoms with Crippen LogP contribution < -0.4 is 10.6 Å². The predicted molar refractivity (Wildman–Crippen MR) is 116 cm³/mol. The number of piperidine rings is 1. The topological polar surface area (TPSA) is 122 Å². The lowest BCUT2D eigenvalue weighted by atomic mass is 10.0. The van der Waals surface area contributed by atoms with Gasteiger partial charge in [0.25, 0.3) is 11.8 Å². The predicted octanol–water partition coefficient (Wildman–Crippen LogP) is 1.44. The number of imide groups is 1. The fourth-order valence-electron chi connectivity index (χ4n) is 4.06. The number of benzene rings is 2. The summed E-state index contributed by atoms with van der Waals surface area (Å²) >= 11 is 0. The maximum absolute atomic E-state index is 12.8. The van der Waals surface area contributed by atoms with Gasteiger partial charge in [-0.1, -0.05) is 30.3 Å². The van der Waals surface area contributed by atoms with Crippen LogP contribution in [0.15, 0.2) is 42.5 Å². The number of carbonyl (C=O) groups is 5. The van der Waals surface area contributed by atoms with Crippen LogP contribution in [0, 0.1) is 0 Å². The summed E-state index contributed by atoms with van der Waals surface area (Å²) in [4.78, 5) is 61.7. The minimum atomic E-state index is -0.667. The summed E-state index contributed by atoms with van der Waals surface area (Å²) in [5.41, 5.74) is 3.11. The van der Waals surface area contributed by atoms with E-state index < -0.39 is 17.9 Å². The summed E-state index contributed by atoms with van der Waals surface area (Å²) in [6.45, 7) is 1.83. The SMILES string of the molecule is CC(=O)OCc1ccccc1C(=O)NCc1ccc2c(c1)CN(C1CCC(=O)NC1=O)C2=O. The van der Waals surface area contributed by atoms with Gasteiger partial charge in [0.2, 0.25) is 11.8 Å². The molecule has 0 aliphatic carbocycles. The fraction of sp³-hybridized carbons (Fsp3) is 0.292. The highest BCUT2D eigenvalue weighted by Crippen LogP contribution is 2.28. The molecule has 4 amide bonds. The number of fused-ring (bicyclic) bond motifs is 1. The molecule has 170 valence electrons. The first-order chi connectivity index (χ1) is 15.8. The number of esters is 1. The van der Waals surface area contributed by atoms with Crippen molar-refractivity contribution in [3.8, 4) is 0 Å². The normalized spacial score (nSPS) is 17.4. The number of amides is 4. The van der Waals surface area contributed by atoms with Gasteiger partial charge >= 0.3 is 5.97 Å². The first kappa shape index (κ1) is 22.2. The van der Waals surface area contributed by atoms with Crippen LogP contribution in [-0.4, -0.2) is 40.5 Å². The number of hydrogen-bond acceptors (Lipinski definition) is 6. The minimum Gasteiger partial charge on any atom is -0.461 e. The number of hydrogen-bond donors (Lipinski definition) is 2. The molecule has 2 heterocycles. The van der Waals surface area contributed by atoms with Crippen molar-refractivity contribution in [2.45, 2.75) is 45.5 Å². The first-order valence-corrected chi connectivity index (χ1v) is 10.6. The number of nitrogens with zero attached hydrogens (tertiary/aromatic N) is 1. The van der Waals surface area contributed by atoms with Crippen LogP contribution in [0.2, 0.25) is 0 Å². The van der Waals surface area contributed by atoms with Gasteiger partial charge in [0.1, 0.15) is 12.6 Å². The summed E-state index contributed by atoms with van der Waals surface area (Å²) < 4.78 is 5.01. The minimum absolute atomic E-state index is 0.00998. The molecular weight excluding hydrogens is 426 g/mol. The van der Waals surface area contributed by atoms with Crippen molar-refractivity contribution >= 4 is 29.6 Å². The van der Waals surface area contributed by atoms with Crippen molar-refractivity contribution in [3.05, 3.63) is 70.3 Å². The molecule has 2 aliphatic rings. The highest BCUT2D eigenvalue weighted by molar-refractivity contribution is 6.05. The highest BCUT2D eigenvalue weighted by Gasteiger charge is 2.39. The second kappa shape index (κ2) is 9.23. The van der Waals surface area contributed by atoms with Gasteiger partial charge in [0.15, 0.2) is 0 Å². The molecule has 1 fully saturated rings. The molecule has 0 bridgehead atoms. The van der Waals surface area contributed by atoms with Gasteiger partial charge in [-0.25, -0.2) is 0 Å². The Morgan fingerprint density at radius 2 is 1.94 bits per heavy atom. The lowest BCUT2D eigenvalue weighted by Gasteiger charge is -2.29. The van der Waals surface area contributed by atoms with Crippen LogP contribution in [-0.2, 0) is 38.8 Å². The van der Waals surface area contributed by atoms with Crippen LogP contribution in [0.25, 0.3) is 0 Å². The molecule has 0 saturated carbocycles. The summed E-state index contributed by atoms with van der Waals surface area (Å²) in [7, 11) is 0. The van der Waals surface area contributed by atoms with E-state index in [9.17, 15) is 24.0 Å². The summed E-state index contributed by atoms with van der Waals surface area (Å²) in [6, 6.07) is 11.5. The Kier molecular flexibility index (Phi) is 6.21. The molecule has 0 aromatic heterocycles. The molecule has 2 aromatic carbocycles. The molecule has 4 rings (SSSR count). The van der Waals surface area contributed by atoms with Gasteiger partial charge < -0.3 is 15.0 Å². The van der Waals surface area contributed by atoms with Crippen LogP contribution in [0.3, 0.4) is 0 Å². The summed E-state index contributed by atoms with van der Waals surface area (Å²) in [6.07, 6.45) is 0.507. The molecule has 9 nitrogen and oxygen atoms in total. The summed E-state index contributed by atoms with van der Waals surface area (Å²) in [5, 5.41) is 5.14. The average Bonchev–Trinajstić information content (AvgIpc) is 3.11. The van der Waals surface area contributed by atoms with E-state index >= 15 is 0 Å². The van der Waals surface area contributed by atoms with Crippen molar-refractivity contribution < 1.29 is 28.7 Å². The molecule has 2 aromatic rings. The molecule has 33 heavy (non-hydrogen) atoms. The zero-order valence-corrected chi connectivity index (χ0v) is 18.1. The second-order valence-corrected chi connectivity index (χ2v) is 8.01. The van der Waals surface area contributed by atoms with Crippen LogP contribution in [0.5, 0.6) is 0 Å². The number of ether oxygens (including phenoxy) is 1. The average molecular weight is 449 g/mol. The van der Waals surface area contributed by atoms with Gasteiger partial charge in [-0.3, -0.25) is 29.3 Å². The van der Waals surface area contributed by atoms with Gasteiger partial charge in [0, 0.05) is 43.1 Å². The smallest absolute Gasteiger partial charge is 0.302 e. The largest absolute Gasteiger partial charge is 0.461 e. The Bertz CT molecular complexity index is 1160. The zero-order valence-electron chi connectivity index (χ0n) is 18.1. The van der Waals surface area contributed by atoms with E-state index in [1.807, 2.05) is 6.07 Å². The molecule has 1 saturated heterocycles. The van der Waals surface area contributed by atoms with E-state index in [1.165, 1.54) is 11.8 Å². The Labute approximate surface area is 190 Å². The monoisotopic (exact) mass is 449 g/mol. The molecule has 0 spiro atoms. The molecule has 0 radical (unpaired) electrons. The number of rotatable bonds is 6. The van der Waals surface area contributed by atoms with E-state index in [2.05, 4.69) is 10.6 Å². The lowest BCUT2D eigenvalue weighted by Crippen LogP contribution is -2.52. The summed E-state index contributed by atoms with van der Waals surface area (Å²) in [5.74, 6) is -1.75. The van der Waals surface area contributed by atoms with Gasteiger partial charge in [-0.05, 0) is 29.7 Å². The highest BCUT2D eigenvalue weighted by atomic mass is 16.5. The Morgan fingerprint density at radius 3 is 2.70 bits per heavy atom. The molecule has 2 N–H and O–H groups in total. The number of nitrogens with one attached hydrogen (secondary N) is 2. The second-order valence-electron chi connectivity index (χ2n) is 8.01. The van der Waals surface area contributed by atoms with Crippen molar-refractivity contribution in [2.75, 3.05) is 0 Å². The van der Waals surface area contributed by atoms with E-state index in [1.54, 1.807) is 36.4 Å². The van der Waals surface area contributed by atoms with E-state index in [-0.39, 0.29) is 43.8 Å². The van der Waals surface area contributed by atoms with Gasteiger partial charge in [-0.15, -0.1) is 0 Å². The quantitative estimate of drug-likeness (QED) is 0.508. The lowest BCUT2D eigenvalue weighted by molar-refractivity contribution is -0.142.